The van der Waals surface area contributed by atoms with E-state index in [1.54, 1.807) is 11.1 Å². The molecule has 4 heterocycles. The third kappa shape index (κ3) is 6.90. The Bertz CT molecular complexity index is 781. The van der Waals surface area contributed by atoms with Gasteiger partial charge in [-0.05, 0) is 50.7 Å². The van der Waals surface area contributed by atoms with Gasteiger partial charge in [0.05, 0.1) is 31.6 Å². The molecule has 1 aromatic heterocycles. The number of rotatable bonds is 7. The van der Waals surface area contributed by atoms with E-state index in [1.165, 1.54) is 0 Å². The lowest BCUT2D eigenvalue weighted by molar-refractivity contribution is -0.133. The second-order valence-electron chi connectivity index (χ2n) is 9.46. The molecular formula is C25H38N4O5. The zero-order valence-corrected chi connectivity index (χ0v) is 20.3. The van der Waals surface area contributed by atoms with Crippen molar-refractivity contribution in [2.75, 3.05) is 59.1 Å². The molecule has 0 N–H and O–H groups in total. The van der Waals surface area contributed by atoms with Crippen LogP contribution in [0.4, 0.5) is 4.79 Å². The number of piperidine rings is 1. The second kappa shape index (κ2) is 12.5. The highest BCUT2D eigenvalue weighted by Crippen LogP contribution is 2.23. The number of hydrogen-bond donors (Lipinski definition) is 0. The summed E-state index contributed by atoms with van der Waals surface area (Å²) in [6, 6.07) is 6.07. The number of likely N-dealkylation sites (tertiary alicyclic amines) is 1. The highest BCUT2D eigenvalue weighted by molar-refractivity contribution is 5.78. The zero-order chi connectivity index (χ0) is 23.8. The molecule has 1 unspecified atom stereocenters. The van der Waals surface area contributed by atoms with E-state index in [4.69, 9.17) is 14.2 Å². The fourth-order valence-electron chi connectivity index (χ4n) is 5.12. The molecule has 0 aliphatic carbocycles. The van der Waals surface area contributed by atoms with Crippen LogP contribution in [0.3, 0.4) is 0 Å². The Morgan fingerprint density at radius 2 is 1.94 bits per heavy atom. The van der Waals surface area contributed by atoms with Gasteiger partial charge in [-0.3, -0.25) is 14.7 Å². The first-order valence-electron chi connectivity index (χ1n) is 12.6. The molecule has 2 amide bonds. The largest absolute Gasteiger partial charge is 0.450 e. The molecule has 1 aromatic rings. The lowest BCUT2D eigenvalue weighted by Gasteiger charge is -2.37. The number of amides is 2. The summed E-state index contributed by atoms with van der Waals surface area (Å²) in [5, 5.41) is 0. The molecule has 0 aromatic carbocycles. The van der Waals surface area contributed by atoms with Crippen LogP contribution in [0, 0.1) is 5.92 Å². The van der Waals surface area contributed by atoms with E-state index in [0.717, 1.165) is 51.1 Å². The van der Waals surface area contributed by atoms with Gasteiger partial charge in [0.1, 0.15) is 0 Å². The summed E-state index contributed by atoms with van der Waals surface area (Å²) in [7, 11) is 0. The van der Waals surface area contributed by atoms with Crippen molar-refractivity contribution in [1.82, 2.24) is 19.7 Å². The standard InChI is InChI=1S/C25H38N4O5/c1-2-33-25(31)27-11-6-22(7-12-27)28-16-23(34-19-21-5-3-4-10-26-21)17-29(24(30)18-28)15-20-8-13-32-14-9-20/h3-5,10,20,22-23H,2,6-9,11-19H2,1H3. The van der Waals surface area contributed by atoms with E-state index < -0.39 is 0 Å². The van der Waals surface area contributed by atoms with Gasteiger partial charge < -0.3 is 24.0 Å². The number of nitrogens with zero attached hydrogens (tertiary/aromatic N) is 4. The van der Waals surface area contributed by atoms with Crippen molar-refractivity contribution in [3.8, 4) is 0 Å². The van der Waals surface area contributed by atoms with Gasteiger partial charge in [-0.15, -0.1) is 0 Å². The average molecular weight is 475 g/mol. The number of carbonyl (C=O) groups is 2. The molecule has 3 saturated heterocycles. The highest BCUT2D eigenvalue weighted by Gasteiger charge is 2.35. The summed E-state index contributed by atoms with van der Waals surface area (Å²) in [4.78, 5) is 35.8. The smallest absolute Gasteiger partial charge is 0.409 e. The van der Waals surface area contributed by atoms with Gasteiger partial charge in [0.25, 0.3) is 0 Å². The van der Waals surface area contributed by atoms with Crippen LogP contribution >= 0.6 is 0 Å². The van der Waals surface area contributed by atoms with Crippen molar-refractivity contribution < 1.29 is 23.8 Å². The Morgan fingerprint density at radius 3 is 2.65 bits per heavy atom. The Morgan fingerprint density at radius 1 is 1.15 bits per heavy atom. The van der Waals surface area contributed by atoms with E-state index in [0.29, 0.717) is 51.9 Å². The molecular weight excluding hydrogens is 436 g/mol. The van der Waals surface area contributed by atoms with Gasteiger partial charge in [0, 0.05) is 58.2 Å². The normalized spacial score (nSPS) is 23.7. The maximum absolute atomic E-state index is 13.3. The minimum absolute atomic E-state index is 0.0867. The fourth-order valence-corrected chi connectivity index (χ4v) is 5.12. The van der Waals surface area contributed by atoms with Crippen LogP contribution in [0.2, 0.25) is 0 Å². The van der Waals surface area contributed by atoms with Gasteiger partial charge in [-0.25, -0.2) is 4.79 Å². The number of aromatic nitrogens is 1. The van der Waals surface area contributed by atoms with Gasteiger partial charge in [-0.1, -0.05) is 6.07 Å². The number of hydrogen-bond acceptors (Lipinski definition) is 7. The third-order valence-electron chi connectivity index (χ3n) is 7.07. The minimum atomic E-state index is -0.243. The van der Waals surface area contributed by atoms with E-state index in [2.05, 4.69) is 9.88 Å². The van der Waals surface area contributed by atoms with Crippen LogP contribution in [0.5, 0.6) is 0 Å². The molecule has 0 bridgehead atoms. The Kier molecular flexibility index (Phi) is 9.12. The predicted molar refractivity (Wildman–Crippen MR) is 126 cm³/mol. The molecule has 9 nitrogen and oxygen atoms in total. The van der Waals surface area contributed by atoms with Gasteiger partial charge in [0.2, 0.25) is 5.91 Å². The van der Waals surface area contributed by atoms with Crippen molar-refractivity contribution >= 4 is 12.0 Å². The minimum Gasteiger partial charge on any atom is -0.450 e. The summed E-state index contributed by atoms with van der Waals surface area (Å²) in [6.07, 6.45) is 5.11. The van der Waals surface area contributed by atoms with Crippen LogP contribution in [0.1, 0.15) is 38.3 Å². The monoisotopic (exact) mass is 474 g/mol. The topological polar surface area (TPSA) is 84.4 Å². The summed E-state index contributed by atoms with van der Waals surface area (Å²) >= 11 is 0. The molecule has 4 rings (SSSR count). The molecule has 34 heavy (non-hydrogen) atoms. The first-order valence-corrected chi connectivity index (χ1v) is 12.6. The molecule has 0 radical (unpaired) electrons. The number of carbonyl (C=O) groups excluding carboxylic acids is 2. The van der Waals surface area contributed by atoms with Gasteiger partial charge in [0.15, 0.2) is 0 Å². The highest BCUT2D eigenvalue weighted by atomic mass is 16.6. The maximum atomic E-state index is 13.3. The molecule has 1 atom stereocenters. The van der Waals surface area contributed by atoms with Crippen LogP contribution < -0.4 is 0 Å². The third-order valence-corrected chi connectivity index (χ3v) is 7.07. The SMILES string of the molecule is CCOC(=O)N1CCC(N2CC(=O)N(CC3CCOCC3)CC(OCc3ccccn3)C2)CC1. The molecule has 3 aliphatic heterocycles. The van der Waals surface area contributed by atoms with Crippen molar-refractivity contribution in [2.45, 2.75) is 51.4 Å². The molecule has 0 spiro atoms. The Labute approximate surface area is 202 Å². The maximum Gasteiger partial charge on any atom is 0.409 e. The lowest BCUT2D eigenvalue weighted by Crippen LogP contribution is -2.49. The van der Waals surface area contributed by atoms with E-state index in [1.807, 2.05) is 30.0 Å². The molecule has 0 saturated carbocycles. The molecule has 3 fully saturated rings. The number of ether oxygens (including phenoxy) is 3. The summed E-state index contributed by atoms with van der Waals surface area (Å²) in [5.41, 5.74) is 0.892. The van der Waals surface area contributed by atoms with Crippen molar-refractivity contribution in [3.63, 3.8) is 0 Å². The van der Waals surface area contributed by atoms with Crippen LogP contribution in [-0.2, 0) is 25.6 Å². The van der Waals surface area contributed by atoms with Crippen molar-refractivity contribution in [2.24, 2.45) is 5.92 Å². The van der Waals surface area contributed by atoms with Gasteiger partial charge >= 0.3 is 6.09 Å². The fraction of sp³-hybridized carbons (Fsp3) is 0.720. The van der Waals surface area contributed by atoms with Crippen LogP contribution in [0.15, 0.2) is 24.4 Å². The summed E-state index contributed by atoms with van der Waals surface area (Å²) < 4.78 is 17.0. The zero-order valence-electron chi connectivity index (χ0n) is 20.3. The Balaban J connectivity index is 1.40. The van der Waals surface area contributed by atoms with Crippen molar-refractivity contribution in [1.29, 1.82) is 0 Å². The van der Waals surface area contributed by atoms with E-state index >= 15 is 0 Å². The summed E-state index contributed by atoms with van der Waals surface area (Å²) in [5.74, 6) is 0.650. The van der Waals surface area contributed by atoms with Gasteiger partial charge in [-0.2, -0.15) is 0 Å². The average Bonchev–Trinajstić information content (AvgIpc) is 3.03. The second-order valence-corrected chi connectivity index (χ2v) is 9.46. The lowest BCUT2D eigenvalue weighted by atomic mass is 9.99. The van der Waals surface area contributed by atoms with E-state index in [9.17, 15) is 9.59 Å². The van der Waals surface area contributed by atoms with Crippen LogP contribution in [-0.4, -0.2) is 103 Å². The quantitative estimate of drug-likeness (QED) is 0.599. The molecule has 188 valence electrons. The van der Waals surface area contributed by atoms with E-state index in [-0.39, 0.29) is 24.1 Å². The predicted octanol–water partition coefficient (Wildman–Crippen LogP) is 2.16. The summed E-state index contributed by atoms with van der Waals surface area (Å²) in [6.45, 7) is 7.96. The first kappa shape index (κ1) is 24.9. The van der Waals surface area contributed by atoms with Crippen molar-refractivity contribution in [3.05, 3.63) is 30.1 Å². The molecule has 9 heteroatoms. The van der Waals surface area contributed by atoms with Crippen LogP contribution in [0.25, 0.3) is 0 Å². The first-order chi connectivity index (χ1) is 16.6. The molecule has 3 aliphatic rings. The Hall–Kier alpha value is -2.23. The number of pyridine rings is 1.